The van der Waals surface area contributed by atoms with Crippen molar-refractivity contribution in [1.29, 1.82) is 0 Å². The van der Waals surface area contributed by atoms with E-state index in [-0.39, 0.29) is 17.9 Å². The third kappa shape index (κ3) is 5.41. The number of carbonyl (C=O) groups is 1. The molecule has 1 amide bonds. The highest BCUT2D eigenvalue weighted by atomic mass is 19.4. The van der Waals surface area contributed by atoms with Crippen molar-refractivity contribution in [2.24, 2.45) is 0 Å². The van der Waals surface area contributed by atoms with Gasteiger partial charge in [0.2, 0.25) is 5.91 Å². The summed E-state index contributed by atoms with van der Waals surface area (Å²) in [6.45, 7) is -0.370. The summed E-state index contributed by atoms with van der Waals surface area (Å²) in [5, 5.41) is 4.70. The lowest BCUT2D eigenvalue weighted by molar-refractivity contribution is -0.274. The molecule has 0 radical (unpaired) electrons. The molecule has 0 fully saturated rings. The van der Waals surface area contributed by atoms with Crippen molar-refractivity contribution < 1.29 is 31.5 Å². The van der Waals surface area contributed by atoms with Gasteiger partial charge < -0.3 is 15.4 Å². The predicted molar refractivity (Wildman–Crippen MR) is 76.6 cm³/mol. The summed E-state index contributed by atoms with van der Waals surface area (Å²) in [7, 11) is 0. The first-order valence-electron chi connectivity index (χ1n) is 6.57. The molecule has 0 spiro atoms. The molecule has 0 bridgehead atoms. The highest BCUT2D eigenvalue weighted by molar-refractivity contribution is 5.93. The average molecular weight is 346 g/mol. The van der Waals surface area contributed by atoms with E-state index in [2.05, 4.69) is 15.4 Å². The first kappa shape index (κ1) is 17.5. The number of amides is 1. The van der Waals surface area contributed by atoms with Crippen LogP contribution in [0.25, 0.3) is 0 Å². The fraction of sp³-hybridized carbons (Fsp3) is 0.133. The van der Waals surface area contributed by atoms with Gasteiger partial charge >= 0.3 is 6.36 Å². The SMILES string of the molecule is O=C(CNc1cccc(OC(F)(F)F)c1)Nc1cc(F)ccc1F. The number of benzene rings is 2. The number of ether oxygens (including phenoxy) is 1. The van der Waals surface area contributed by atoms with Crippen LogP contribution in [-0.4, -0.2) is 18.8 Å². The lowest BCUT2D eigenvalue weighted by Gasteiger charge is -2.11. The minimum atomic E-state index is -4.83. The highest BCUT2D eigenvalue weighted by Gasteiger charge is 2.31. The molecule has 128 valence electrons. The zero-order valence-corrected chi connectivity index (χ0v) is 12.0. The van der Waals surface area contributed by atoms with Gasteiger partial charge in [-0.3, -0.25) is 4.79 Å². The maximum atomic E-state index is 13.4. The number of nitrogens with one attached hydrogen (secondary N) is 2. The van der Waals surface area contributed by atoms with Crippen LogP contribution >= 0.6 is 0 Å². The van der Waals surface area contributed by atoms with Crippen LogP contribution in [0.2, 0.25) is 0 Å². The van der Waals surface area contributed by atoms with Crippen molar-refractivity contribution in [3.63, 3.8) is 0 Å². The molecule has 0 unspecified atom stereocenters. The van der Waals surface area contributed by atoms with E-state index in [1.54, 1.807) is 0 Å². The number of hydrogen-bond acceptors (Lipinski definition) is 3. The summed E-state index contributed by atoms with van der Waals surface area (Å²) in [6, 6.07) is 7.42. The highest BCUT2D eigenvalue weighted by Crippen LogP contribution is 2.25. The molecule has 0 aromatic heterocycles. The molecular formula is C15H11F5N2O2. The lowest BCUT2D eigenvalue weighted by atomic mass is 10.3. The van der Waals surface area contributed by atoms with E-state index in [9.17, 15) is 26.7 Å². The fourth-order valence-corrected chi connectivity index (χ4v) is 1.77. The molecule has 0 aliphatic rings. The Morgan fingerprint density at radius 3 is 2.54 bits per heavy atom. The molecule has 0 saturated carbocycles. The van der Waals surface area contributed by atoms with Crippen LogP contribution in [0.4, 0.5) is 33.3 Å². The number of carbonyl (C=O) groups excluding carboxylic acids is 1. The molecule has 0 aliphatic heterocycles. The molecule has 2 aromatic carbocycles. The average Bonchev–Trinajstić information content (AvgIpc) is 2.48. The van der Waals surface area contributed by atoms with Gasteiger partial charge in [-0.15, -0.1) is 13.2 Å². The Kier molecular flexibility index (Phi) is 5.22. The van der Waals surface area contributed by atoms with Crippen LogP contribution in [0, 0.1) is 11.6 Å². The zero-order chi connectivity index (χ0) is 17.7. The molecule has 2 aromatic rings. The molecule has 9 heteroatoms. The zero-order valence-electron chi connectivity index (χ0n) is 12.0. The summed E-state index contributed by atoms with van der Waals surface area (Å²) in [4.78, 5) is 11.7. The summed E-state index contributed by atoms with van der Waals surface area (Å²) in [5.41, 5.74) is -0.150. The number of alkyl halides is 3. The van der Waals surface area contributed by atoms with Gasteiger partial charge in [-0.05, 0) is 24.3 Å². The van der Waals surface area contributed by atoms with Gasteiger partial charge in [-0.25, -0.2) is 8.78 Å². The van der Waals surface area contributed by atoms with Crippen LogP contribution in [0.5, 0.6) is 5.75 Å². The lowest BCUT2D eigenvalue weighted by Crippen LogP contribution is -2.22. The van der Waals surface area contributed by atoms with Crippen LogP contribution < -0.4 is 15.4 Å². The van der Waals surface area contributed by atoms with E-state index in [0.29, 0.717) is 0 Å². The fourth-order valence-electron chi connectivity index (χ4n) is 1.77. The van der Waals surface area contributed by atoms with Crippen molar-refractivity contribution in [1.82, 2.24) is 0 Å². The monoisotopic (exact) mass is 346 g/mol. The molecule has 0 saturated heterocycles. The molecule has 0 atom stereocenters. The quantitative estimate of drug-likeness (QED) is 0.807. The molecule has 0 aliphatic carbocycles. The molecule has 4 nitrogen and oxygen atoms in total. The second kappa shape index (κ2) is 7.16. The van der Waals surface area contributed by atoms with Crippen molar-refractivity contribution in [2.45, 2.75) is 6.36 Å². The van der Waals surface area contributed by atoms with Gasteiger partial charge in [0.05, 0.1) is 12.2 Å². The number of anilines is 2. The molecular weight excluding hydrogens is 335 g/mol. The van der Waals surface area contributed by atoms with Crippen LogP contribution in [0.1, 0.15) is 0 Å². The van der Waals surface area contributed by atoms with Gasteiger partial charge in [0, 0.05) is 17.8 Å². The maximum Gasteiger partial charge on any atom is 0.573 e. The van der Waals surface area contributed by atoms with Crippen LogP contribution in [-0.2, 0) is 4.79 Å². The summed E-state index contributed by atoms with van der Waals surface area (Å²) < 4.78 is 66.5. The summed E-state index contributed by atoms with van der Waals surface area (Å²) in [5.74, 6) is -2.70. The Balaban J connectivity index is 1.94. The third-order valence-corrected chi connectivity index (χ3v) is 2.72. The largest absolute Gasteiger partial charge is 0.573 e. The van der Waals surface area contributed by atoms with Gasteiger partial charge in [0.15, 0.2) is 0 Å². The normalized spacial score (nSPS) is 11.0. The van der Waals surface area contributed by atoms with Crippen molar-refractivity contribution in [3.8, 4) is 5.75 Å². The first-order valence-corrected chi connectivity index (χ1v) is 6.57. The maximum absolute atomic E-state index is 13.4. The van der Waals surface area contributed by atoms with Gasteiger partial charge in [-0.2, -0.15) is 0 Å². The van der Waals surface area contributed by atoms with Crippen LogP contribution in [0.3, 0.4) is 0 Å². The van der Waals surface area contributed by atoms with Crippen molar-refractivity contribution in [2.75, 3.05) is 17.2 Å². The molecule has 24 heavy (non-hydrogen) atoms. The minimum Gasteiger partial charge on any atom is -0.406 e. The Hall–Kier alpha value is -2.84. The van der Waals surface area contributed by atoms with Gasteiger partial charge in [0.25, 0.3) is 0 Å². The molecule has 0 heterocycles. The Morgan fingerprint density at radius 1 is 1.08 bits per heavy atom. The molecule has 2 rings (SSSR count). The van der Waals surface area contributed by atoms with E-state index < -0.39 is 29.7 Å². The number of rotatable bonds is 5. The first-order chi connectivity index (χ1) is 11.2. The predicted octanol–water partition coefficient (Wildman–Crippen LogP) is 3.91. The van der Waals surface area contributed by atoms with Crippen molar-refractivity contribution >= 4 is 17.3 Å². The van der Waals surface area contributed by atoms with E-state index in [1.165, 1.54) is 12.1 Å². The van der Waals surface area contributed by atoms with Crippen LogP contribution in [0.15, 0.2) is 42.5 Å². The van der Waals surface area contributed by atoms with E-state index in [1.807, 2.05) is 0 Å². The Bertz CT molecular complexity index is 734. The van der Waals surface area contributed by atoms with Crippen molar-refractivity contribution in [3.05, 3.63) is 54.1 Å². The van der Waals surface area contributed by atoms with E-state index in [0.717, 1.165) is 30.3 Å². The molecule has 2 N–H and O–H groups in total. The number of halogens is 5. The third-order valence-electron chi connectivity index (χ3n) is 2.72. The topological polar surface area (TPSA) is 50.4 Å². The minimum absolute atomic E-state index is 0.187. The van der Waals surface area contributed by atoms with Gasteiger partial charge in [0.1, 0.15) is 17.4 Å². The van der Waals surface area contributed by atoms with E-state index in [4.69, 9.17) is 0 Å². The summed E-state index contributed by atoms with van der Waals surface area (Å²) >= 11 is 0. The Morgan fingerprint density at radius 2 is 1.83 bits per heavy atom. The smallest absolute Gasteiger partial charge is 0.406 e. The standard InChI is InChI=1S/C15H11F5N2O2/c16-9-4-5-12(17)13(6-9)22-14(23)8-21-10-2-1-3-11(7-10)24-15(18,19)20/h1-7,21H,8H2,(H,22,23). The van der Waals surface area contributed by atoms with E-state index >= 15 is 0 Å². The van der Waals surface area contributed by atoms with Gasteiger partial charge in [-0.1, -0.05) is 6.07 Å². The second-order valence-electron chi connectivity index (χ2n) is 4.60. The summed E-state index contributed by atoms with van der Waals surface area (Å²) in [6.07, 6.45) is -4.83. The Labute approximate surface area is 133 Å². The second-order valence-corrected chi connectivity index (χ2v) is 4.60. The number of hydrogen-bond donors (Lipinski definition) is 2.